The lowest BCUT2D eigenvalue weighted by atomic mass is 10.2. The number of rotatable bonds is 5. The van der Waals surface area contributed by atoms with Gasteiger partial charge in [0.05, 0.1) is 0 Å². The number of likely N-dealkylation sites (tertiary alicyclic amines) is 1. The summed E-state index contributed by atoms with van der Waals surface area (Å²) >= 11 is 0. The molecule has 0 aliphatic carbocycles. The minimum atomic E-state index is 0.855. The molecule has 0 bridgehead atoms. The van der Waals surface area contributed by atoms with Crippen molar-refractivity contribution in [1.82, 2.24) is 9.88 Å². The molecule has 1 aromatic rings. The van der Waals surface area contributed by atoms with Gasteiger partial charge in [-0.1, -0.05) is 19.9 Å². The number of nitrogens with one attached hydrogen (secondary N) is 1. The van der Waals surface area contributed by atoms with E-state index in [-0.39, 0.29) is 0 Å². The number of pyridine rings is 1. The summed E-state index contributed by atoms with van der Waals surface area (Å²) in [4.78, 5) is 6.95. The van der Waals surface area contributed by atoms with Gasteiger partial charge in [-0.25, -0.2) is 4.98 Å². The van der Waals surface area contributed by atoms with E-state index in [1.54, 1.807) is 0 Å². The van der Waals surface area contributed by atoms with Crippen LogP contribution in [0.3, 0.4) is 0 Å². The number of nitrogens with zero attached hydrogens (tertiary/aromatic N) is 2. The molecule has 2 heterocycles. The van der Waals surface area contributed by atoms with Crippen molar-refractivity contribution < 1.29 is 0 Å². The van der Waals surface area contributed by atoms with Crippen LogP contribution >= 0.6 is 0 Å². The van der Waals surface area contributed by atoms with Gasteiger partial charge in [0.1, 0.15) is 5.82 Å². The molecule has 0 radical (unpaired) electrons. The summed E-state index contributed by atoms with van der Waals surface area (Å²) in [6, 6.07) is 4.28. The number of aromatic nitrogens is 1. The van der Waals surface area contributed by atoms with Gasteiger partial charge in [-0.15, -0.1) is 0 Å². The topological polar surface area (TPSA) is 28.2 Å². The zero-order valence-electron chi connectivity index (χ0n) is 10.9. The van der Waals surface area contributed by atoms with Gasteiger partial charge < -0.3 is 5.32 Å². The molecule has 1 unspecified atom stereocenters. The van der Waals surface area contributed by atoms with Gasteiger partial charge in [-0.3, -0.25) is 4.90 Å². The summed E-state index contributed by atoms with van der Waals surface area (Å²) in [5.74, 6) is 1.85. The van der Waals surface area contributed by atoms with Gasteiger partial charge in [-0.05, 0) is 36.9 Å². The smallest absolute Gasteiger partial charge is 0.125 e. The van der Waals surface area contributed by atoms with E-state index < -0.39 is 0 Å². The van der Waals surface area contributed by atoms with Crippen molar-refractivity contribution in [2.45, 2.75) is 33.2 Å². The van der Waals surface area contributed by atoms with Crippen LogP contribution in [-0.4, -0.2) is 29.5 Å². The molecule has 0 spiro atoms. The molecular weight excluding hydrogens is 210 g/mol. The number of hydrogen-bond acceptors (Lipinski definition) is 3. The first-order valence-corrected chi connectivity index (χ1v) is 6.69. The maximum absolute atomic E-state index is 4.44. The Kier molecular flexibility index (Phi) is 4.37. The highest BCUT2D eigenvalue weighted by Crippen LogP contribution is 2.17. The lowest BCUT2D eigenvalue weighted by Crippen LogP contribution is -2.19. The van der Waals surface area contributed by atoms with E-state index >= 15 is 0 Å². The molecule has 1 atom stereocenters. The minimum Gasteiger partial charge on any atom is -0.370 e. The predicted octanol–water partition coefficient (Wildman–Crippen LogP) is 2.75. The molecule has 0 saturated carbocycles. The number of hydrogen-bond donors (Lipinski definition) is 1. The van der Waals surface area contributed by atoms with E-state index in [2.05, 4.69) is 41.2 Å². The van der Waals surface area contributed by atoms with E-state index in [9.17, 15) is 0 Å². The van der Waals surface area contributed by atoms with Gasteiger partial charge in [0.15, 0.2) is 0 Å². The van der Waals surface area contributed by atoms with E-state index in [1.165, 1.54) is 25.1 Å². The maximum Gasteiger partial charge on any atom is 0.125 e. The van der Waals surface area contributed by atoms with E-state index in [1.807, 2.05) is 6.20 Å². The minimum absolute atomic E-state index is 0.855. The molecule has 1 saturated heterocycles. The molecule has 2 rings (SSSR count). The molecule has 1 fully saturated rings. The average Bonchev–Trinajstić information content (AvgIpc) is 2.74. The maximum atomic E-state index is 4.44. The molecular formula is C14H23N3. The van der Waals surface area contributed by atoms with Gasteiger partial charge in [0.25, 0.3) is 0 Å². The second-order valence-electron chi connectivity index (χ2n) is 5.11. The largest absolute Gasteiger partial charge is 0.370 e. The summed E-state index contributed by atoms with van der Waals surface area (Å²) in [6.07, 6.45) is 4.47. The monoisotopic (exact) mass is 233 g/mol. The summed E-state index contributed by atoms with van der Waals surface area (Å²) in [6.45, 7) is 9.00. The lowest BCUT2D eigenvalue weighted by Gasteiger charge is -2.15. The molecule has 1 aliphatic rings. The van der Waals surface area contributed by atoms with Crippen molar-refractivity contribution in [1.29, 1.82) is 0 Å². The Labute approximate surface area is 104 Å². The van der Waals surface area contributed by atoms with Crippen LogP contribution in [0.25, 0.3) is 0 Å². The molecule has 0 aromatic carbocycles. The zero-order chi connectivity index (χ0) is 12.1. The Balaban J connectivity index is 1.85. The van der Waals surface area contributed by atoms with Crippen LogP contribution in [-0.2, 0) is 6.54 Å². The fourth-order valence-corrected chi connectivity index (χ4v) is 2.30. The molecule has 3 nitrogen and oxygen atoms in total. The normalized spacial score (nSPS) is 20.7. The quantitative estimate of drug-likeness (QED) is 0.847. The van der Waals surface area contributed by atoms with Gasteiger partial charge in [-0.2, -0.15) is 0 Å². The van der Waals surface area contributed by atoms with Crippen LogP contribution in [0.15, 0.2) is 18.3 Å². The highest BCUT2D eigenvalue weighted by Gasteiger charge is 2.18. The third kappa shape index (κ3) is 3.70. The fraction of sp³-hybridized carbons (Fsp3) is 0.643. The first-order chi connectivity index (χ1) is 8.28. The molecule has 94 valence electrons. The van der Waals surface area contributed by atoms with Crippen molar-refractivity contribution in [2.24, 2.45) is 5.92 Å². The molecule has 1 aliphatic heterocycles. The van der Waals surface area contributed by atoms with E-state index in [0.717, 1.165) is 31.2 Å². The van der Waals surface area contributed by atoms with Crippen molar-refractivity contribution in [2.75, 3.05) is 25.0 Å². The van der Waals surface area contributed by atoms with E-state index in [0.29, 0.717) is 0 Å². The van der Waals surface area contributed by atoms with Crippen LogP contribution in [0.1, 0.15) is 32.3 Å². The third-order valence-electron chi connectivity index (χ3n) is 3.30. The summed E-state index contributed by atoms with van der Waals surface area (Å²) in [5.41, 5.74) is 1.32. The van der Waals surface area contributed by atoms with Gasteiger partial charge >= 0.3 is 0 Å². The highest BCUT2D eigenvalue weighted by atomic mass is 15.1. The van der Waals surface area contributed by atoms with Crippen LogP contribution < -0.4 is 5.32 Å². The first-order valence-electron chi connectivity index (χ1n) is 6.69. The Morgan fingerprint density at radius 2 is 2.35 bits per heavy atom. The molecule has 0 amide bonds. The summed E-state index contributed by atoms with van der Waals surface area (Å²) < 4.78 is 0. The average molecular weight is 233 g/mol. The predicted molar refractivity (Wildman–Crippen MR) is 72.1 cm³/mol. The Bertz CT molecular complexity index is 334. The Morgan fingerprint density at radius 1 is 1.47 bits per heavy atom. The molecule has 3 heteroatoms. The van der Waals surface area contributed by atoms with Crippen LogP contribution in [0, 0.1) is 5.92 Å². The van der Waals surface area contributed by atoms with Crippen molar-refractivity contribution >= 4 is 5.82 Å². The van der Waals surface area contributed by atoms with Crippen LogP contribution in [0.5, 0.6) is 0 Å². The Morgan fingerprint density at radius 3 is 2.94 bits per heavy atom. The van der Waals surface area contributed by atoms with Crippen LogP contribution in [0.4, 0.5) is 5.82 Å². The molecule has 17 heavy (non-hydrogen) atoms. The molecule has 1 N–H and O–H groups in total. The van der Waals surface area contributed by atoms with Gasteiger partial charge in [0, 0.05) is 25.8 Å². The first kappa shape index (κ1) is 12.4. The van der Waals surface area contributed by atoms with Gasteiger partial charge in [0.2, 0.25) is 0 Å². The Hall–Kier alpha value is -1.09. The zero-order valence-corrected chi connectivity index (χ0v) is 10.9. The SMILES string of the molecule is CCCNc1ccc(CN2CCC(C)C2)cn1. The standard InChI is InChI=1S/C14H23N3/c1-3-7-15-14-5-4-13(9-16-14)11-17-8-6-12(2)10-17/h4-5,9,12H,3,6-8,10-11H2,1-2H3,(H,15,16). The fourth-order valence-electron chi connectivity index (χ4n) is 2.30. The van der Waals surface area contributed by atoms with Crippen molar-refractivity contribution in [3.63, 3.8) is 0 Å². The summed E-state index contributed by atoms with van der Waals surface area (Å²) in [7, 11) is 0. The number of anilines is 1. The van der Waals surface area contributed by atoms with E-state index in [4.69, 9.17) is 0 Å². The highest BCUT2D eigenvalue weighted by molar-refractivity contribution is 5.35. The second-order valence-corrected chi connectivity index (χ2v) is 5.11. The molecule has 1 aromatic heterocycles. The third-order valence-corrected chi connectivity index (χ3v) is 3.30. The second kappa shape index (κ2) is 6.01. The lowest BCUT2D eigenvalue weighted by molar-refractivity contribution is 0.320. The van der Waals surface area contributed by atoms with Crippen LogP contribution in [0.2, 0.25) is 0 Å². The summed E-state index contributed by atoms with van der Waals surface area (Å²) in [5, 5.41) is 3.30. The van der Waals surface area contributed by atoms with Crippen molar-refractivity contribution in [3.05, 3.63) is 23.9 Å². The van der Waals surface area contributed by atoms with Crippen molar-refractivity contribution in [3.8, 4) is 0 Å².